The quantitative estimate of drug-likeness (QED) is 0.416. The molecule has 0 aromatic heterocycles. The Hall–Kier alpha value is -0.920. The van der Waals surface area contributed by atoms with Crippen molar-refractivity contribution in [2.75, 3.05) is 0 Å². The van der Waals surface area contributed by atoms with Gasteiger partial charge in [0.1, 0.15) is 5.78 Å². The van der Waals surface area contributed by atoms with E-state index in [1.807, 2.05) is 6.92 Å². The maximum atomic E-state index is 12.7. The summed E-state index contributed by atoms with van der Waals surface area (Å²) in [5.74, 6) is 2.42. The van der Waals surface area contributed by atoms with E-state index < -0.39 is 0 Å². The van der Waals surface area contributed by atoms with Crippen molar-refractivity contribution in [3.05, 3.63) is 12.2 Å². The first-order chi connectivity index (χ1) is 14.7. The van der Waals surface area contributed by atoms with E-state index in [0.717, 1.165) is 25.2 Å². The van der Waals surface area contributed by atoms with Crippen LogP contribution in [0.2, 0.25) is 0 Å². The predicted molar refractivity (Wildman–Crippen MR) is 132 cm³/mol. The lowest BCUT2D eigenvalue weighted by molar-refractivity contribution is -0.225. The Morgan fingerprint density at radius 2 is 1.62 bits per heavy atom. The van der Waals surface area contributed by atoms with Crippen molar-refractivity contribution in [2.45, 2.75) is 119 Å². The van der Waals surface area contributed by atoms with Crippen molar-refractivity contribution in [3.8, 4) is 0 Å². The molecule has 0 bridgehead atoms. The molecular weight excluding hydrogens is 392 g/mol. The van der Waals surface area contributed by atoms with Gasteiger partial charge >= 0.3 is 0 Å². The fourth-order valence-corrected chi connectivity index (χ4v) is 9.85. The average Bonchev–Trinajstić information content (AvgIpc) is 2.71. The van der Waals surface area contributed by atoms with Crippen molar-refractivity contribution in [3.63, 3.8) is 0 Å². The molecule has 0 unspecified atom stereocenters. The molecule has 0 aromatic carbocycles. The molecule has 4 fully saturated rings. The third kappa shape index (κ3) is 3.32. The van der Waals surface area contributed by atoms with E-state index >= 15 is 0 Å². The number of carbonyl (C=O) groups is 2. The van der Waals surface area contributed by atoms with Crippen LogP contribution in [0.5, 0.6) is 0 Å². The summed E-state index contributed by atoms with van der Waals surface area (Å²) in [5, 5.41) is 0. The fraction of sp³-hybridized carbons (Fsp3) is 0.867. The van der Waals surface area contributed by atoms with Gasteiger partial charge in [-0.15, -0.1) is 0 Å². The minimum absolute atomic E-state index is 0.191. The van der Waals surface area contributed by atoms with Gasteiger partial charge in [-0.3, -0.25) is 9.59 Å². The summed E-state index contributed by atoms with van der Waals surface area (Å²) in [5.41, 5.74) is 2.24. The molecule has 0 aromatic rings. The van der Waals surface area contributed by atoms with Gasteiger partial charge in [0.15, 0.2) is 5.78 Å². The van der Waals surface area contributed by atoms with Gasteiger partial charge in [0.05, 0.1) is 0 Å². The normalized spacial score (nSPS) is 50.7. The molecule has 0 amide bonds. The molecule has 4 aliphatic rings. The summed E-state index contributed by atoms with van der Waals surface area (Å²) in [6.45, 7) is 20.7. The van der Waals surface area contributed by atoms with E-state index in [4.69, 9.17) is 0 Å². The van der Waals surface area contributed by atoms with Crippen molar-refractivity contribution in [2.24, 2.45) is 44.8 Å². The standard InChI is InChI=1S/C30H48O2/c1-20(2)22(31)11-13-26(4)15-18-30(8)25-12-14-28(6)21(3)23(32)9-10-24(28)29(25,7)17-16-27(30,5)19-26/h21,24-25H,1,9-19H2,2-8H3/t21-,24+,25-,26+,27-,28+,29-,30+/m0/s1. The molecule has 2 heteroatoms. The number of hydrogen-bond donors (Lipinski definition) is 0. The third-order valence-corrected chi connectivity index (χ3v) is 12.4. The number of Topliss-reactive ketones (excluding diaryl/α,β-unsaturated/α-hetero) is 2. The van der Waals surface area contributed by atoms with Gasteiger partial charge in [-0.2, -0.15) is 0 Å². The molecule has 8 atom stereocenters. The third-order valence-electron chi connectivity index (χ3n) is 12.4. The van der Waals surface area contributed by atoms with Crippen LogP contribution in [0.25, 0.3) is 0 Å². The van der Waals surface area contributed by atoms with Crippen LogP contribution in [-0.4, -0.2) is 11.6 Å². The number of hydrogen-bond acceptors (Lipinski definition) is 2. The van der Waals surface area contributed by atoms with Gasteiger partial charge in [0, 0.05) is 18.8 Å². The number of carbonyl (C=O) groups excluding carboxylic acids is 2. The van der Waals surface area contributed by atoms with Gasteiger partial charge in [0.25, 0.3) is 0 Å². The summed E-state index contributed by atoms with van der Waals surface area (Å²) >= 11 is 0. The second kappa shape index (κ2) is 7.54. The zero-order valence-corrected chi connectivity index (χ0v) is 22.0. The molecule has 2 nitrogen and oxygen atoms in total. The van der Waals surface area contributed by atoms with Crippen LogP contribution in [0, 0.1) is 44.8 Å². The smallest absolute Gasteiger partial charge is 0.158 e. The first kappa shape index (κ1) is 24.2. The first-order valence-electron chi connectivity index (χ1n) is 13.4. The SMILES string of the molecule is C=C(C)C(=O)CC[C@]1(C)CC[C@]2(C)[C@H]3CC[C@@]4(C)[C@@H](CCC(=O)[C@@H]4C)[C@]3(C)CC[C@@]2(C)C1. The van der Waals surface area contributed by atoms with Crippen LogP contribution in [0.4, 0.5) is 0 Å². The van der Waals surface area contributed by atoms with Crippen molar-refractivity contribution < 1.29 is 9.59 Å². The maximum absolute atomic E-state index is 12.7. The van der Waals surface area contributed by atoms with E-state index in [-0.39, 0.29) is 22.5 Å². The van der Waals surface area contributed by atoms with Crippen molar-refractivity contribution in [1.29, 1.82) is 0 Å². The Labute approximate surface area is 197 Å². The summed E-state index contributed by atoms with van der Waals surface area (Å²) < 4.78 is 0. The Bertz CT molecular complexity index is 827. The Balaban J connectivity index is 1.59. The number of rotatable bonds is 4. The molecule has 0 radical (unpaired) electrons. The highest BCUT2D eigenvalue weighted by Gasteiger charge is 2.67. The number of ketones is 2. The Morgan fingerprint density at radius 3 is 2.28 bits per heavy atom. The minimum Gasteiger partial charge on any atom is -0.299 e. The van der Waals surface area contributed by atoms with Gasteiger partial charge in [0.2, 0.25) is 0 Å². The summed E-state index contributed by atoms with van der Waals surface area (Å²) in [4.78, 5) is 24.9. The average molecular weight is 441 g/mol. The Morgan fingerprint density at radius 1 is 0.938 bits per heavy atom. The highest BCUT2D eigenvalue weighted by molar-refractivity contribution is 5.94. The molecule has 0 heterocycles. The molecule has 0 saturated heterocycles. The summed E-state index contributed by atoms with van der Waals surface area (Å²) in [6, 6.07) is 0. The fourth-order valence-electron chi connectivity index (χ4n) is 9.85. The van der Waals surface area contributed by atoms with Gasteiger partial charge in [-0.25, -0.2) is 0 Å². The lowest BCUT2D eigenvalue weighted by atomic mass is 9.33. The van der Waals surface area contributed by atoms with E-state index in [0.29, 0.717) is 39.9 Å². The lowest BCUT2D eigenvalue weighted by Gasteiger charge is -2.72. The molecule has 180 valence electrons. The van der Waals surface area contributed by atoms with Crippen molar-refractivity contribution in [1.82, 2.24) is 0 Å². The largest absolute Gasteiger partial charge is 0.299 e. The highest BCUT2D eigenvalue weighted by Crippen LogP contribution is 2.75. The number of fused-ring (bicyclic) bond motifs is 5. The minimum atomic E-state index is 0.191. The molecule has 4 rings (SSSR count). The topological polar surface area (TPSA) is 34.1 Å². The summed E-state index contributed by atoms with van der Waals surface area (Å²) in [7, 11) is 0. The first-order valence-corrected chi connectivity index (χ1v) is 13.4. The highest BCUT2D eigenvalue weighted by atomic mass is 16.1. The summed E-state index contributed by atoms with van der Waals surface area (Å²) in [6.07, 6.45) is 12.5. The molecule has 0 N–H and O–H groups in total. The second-order valence-corrected chi connectivity index (χ2v) is 14.1. The zero-order valence-electron chi connectivity index (χ0n) is 22.0. The van der Waals surface area contributed by atoms with Gasteiger partial charge < -0.3 is 0 Å². The zero-order chi connectivity index (χ0) is 23.7. The van der Waals surface area contributed by atoms with Crippen LogP contribution in [0.15, 0.2) is 12.2 Å². The predicted octanol–water partition coefficient (Wildman–Crippen LogP) is 7.95. The second-order valence-electron chi connectivity index (χ2n) is 14.1. The van der Waals surface area contributed by atoms with Crippen molar-refractivity contribution >= 4 is 11.6 Å². The van der Waals surface area contributed by atoms with Crippen LogP contribution in [0.1, 0.15) is 119 Å². The van der Waals surface area contributed by atoms with Gasteiger partial charge in [-0.05, 0) is 109 Å². The molecule has 0 spiro atoms. The molecule has 32 heavy (non-hydrogen) atoms. The Kier molecular flexibility index (Phi) is 5.71. The molecular formula is C30H48O2. The lowest BCUT2D eigenvalue weighted by Crippen LogP contribution is -2.64. The van der Waals surface area contributed by atoms with E-state index in [1.54, 1.807) is 0 Å². The maximum Gasteiger partial charge on any atom is 0.158 e. The molecule has 0 aliphatic heterocycles. The van der Waals surface area contributed by atoms with Gasteiger partial charge in [-0.1, -0.05) is 48.1 Å². The van der Waals surface area contributed by atoms with E-state index in [1.165, 1.54) is 44.9 Å². The monoisotopic (exact) mass is 440 g/mol. The van der Waals surface area contributed by atoms with Crippen LogP contribution < -0.4 is 0 Å². The van der Waals surface area contributed by atoms with Crippen LogP contribution in [-0.2, 0) is 9.59 Å². The van der Waals surface area contributed by atoms with E-state index in [2.05, 4.69) is 48.1 Å². The van der Waals surface area contributed by atoms with E-state index in [9.17, 15) is 9.59 Å². The van der Waals surface area contributed by atoms with Crippen LogP contribution >= 0.6 is 0 Å². The molecule has 4 saturated carbocycles. The van der Waals surface area contributed by atoms with Crippen LogP contribution in [0.3, 0.4) is 0 Å². The molecule has 4 aliphatic carbocycles. The number of allylic oxidation sites excluding steroid dienone is 1.